The Labute approximate surface area is 177 Å². The van der Waals surface area contributed by atoms with E-state index in [2.05, 4.69) is 15.2 Å². The van der Waals surface area contributed by atoms with E-state index in [1.165, 1.54) is 6.26 Å². The first-order chi connectivity index (χ1) is 15.2. The number of benzene rings is 1. The largest absolute Gasteiger partial charge is 0.364 e. The number of para-hydroxylation sites is 1. The molecule has 1 aromatic carbocycles. The molecule has 4 heterocycles. The molecule has 31 heavy (non-hydrogen) atoms. The lowest BCUT2D eigenvalue weighted by atomic mass is 10.0. The van der Waals surface area contributed by atoms with Gasteiger partial charge in [0.2, 0.25) is 0 Å². The lowest BCUT2D eigenvalue weighted by Crippen LogP contribution is -2.26. The molecule has 0 spiro atoms. The van der Waals surface area contributed by atoms with Crippen molar-refractivity contribution in [2.24, 2.45) is 0 Å². The zero-order chi connectivity index (χ0) is 21.2. The average molecular weight is 410 g/mol. The molecule has 8 nitrogen and oxygen atoms in total. The Morgan fingerprint density at radius 2 is 2.00 bits per heavy atom. The van der Waals surface area contributed by atoms with Crippen molar-refractivity contribution >= 4 is 16.8 Å². The third kappa shape index (κ3) is 3.66. The molecule has 0 aliphatic carbocycles. The molecule has 0 unspecified atom stereocenters. The van der Waals surface area contributed by atoms with Gasteiger partial charge in [-0.05, 0) is 24.3 Å². The van der Waals surface area contributed by atoms with Crippen LogP contribution in [0.15, 0.2) is 84.0 Å². The third-order valence-electron chi connectivity index (χ3n) is 4.95. The van der Waals surface area contributed by atoms with Crippen molar-refractivity contribution in [2.75, 3.05) is 7.05 Å². The number of carbonyl (C=O) groups excluding carboxylic acids is 1. The van der Waals surface area contributed by atoms with Crippen LogP contribution in [0.5, 0.6) is 0 Å². The summed E-state index contributed by atoms with van der Waals surface area (Å²) in [6.45, 7) is 0.346. The van der Waals surface area contributed by atoms with E-state index in [1.54, 1.807) is 35.1 Å². The summed E-state index contributed by atoms with van der Waals surface area (Å²) in [5.74, 6) is 0.582. The van der Waals surface area contributed by atoms with Gasteiger partial charge in [0.05, 0.1) is 29.5 Å². The second-order valence-electron chi connectivity index (χ2n) is 7.09. The Kier molecular flexibility index (Phi) is 4.72. The van der Waals surface area contributed by atoms with Gasteiger partial charge in [0.25, 0.3) is 5.91 Å². The quantitative estimate of drug-likeness (QED) is 0.438. The molecule has 0 aliphatic heterocycles. The molecule has 0 saturated heterocycles. The third-order valence-corrected chi connectivity index (χ3v) is 4.95. The standard InChI is InChI=1S/C23H18N6O2/c1-28(15-17-9-11-31-27-17)23(30)19-12-21(26-20-7-3-2-6-18(19)20)16-13-25-29(14-16)22-8-4-5-10-24-22/h2-14H,15H2,1H3. The Morgan fingerprint density at radius 1 is 1.13 bits per heavy atom. The summed E-state index contributed by atoms with van der Waals surface area (Å²) < 4.78 is 6.56. The topological polar surface area (TPSA) is 89.9 Å². The van der Waals surface area contributed by atoms with Gasteiger partial charge in [-0.15, -0.1) is 0 Å². The Balaban J connectivity index is 1.55. The minimum Gasteiger partial charge on any atom is -0.364 e. The Morgan fingerprint density at radius 3 is 2.81 bits per heavy atom. The van der Waals surface area contributed by atoms with E-state index < -0.39 is 0 Å². The van der Waals surface area contributed by atoms with Crippen LogP contribution in [0, 0.1) is 0 Å². The molecule has 8 heteroatoms. The van der Waals surface area contributed by atoms with Crippen LogP contribution < -0.4 is 0 Å². The Hall–Kier alpha value is -4.33. The van der Waals surface area contributed by atoms with E-state index in [0.717, 1.165) is 16.5 Å². The van der Waals surface area contributed by atoms with E-state index in [9.17, 15) is 4.79 Å². The molecule has 0 saturated carbocycles. The van der Waals surface area contributed by atoms with Crippen molar-refractivity contribution in [1.29, 1.82) is 0 Å². The van der Waals surface area contributed by atoms with Crippen LogP contribution in [0.2, 0.25) is 0 Å². The molecule has 0 atom stereocenters. The molecule has 0 aliphatic rings. The number of hydrogen-bond acceptors (Lipinski definition) is 6. The molecule has 0 bridgehead atoms. The van der Waals surface area contributed by atoms with E-state index in [0.29, 0.717) is 29.3 Å². The fraction of sp³-hybridized carbons (Fsp3) is 0.0870. The van der Waals surface area contributed by atoms with Crippen LogP contribution in [0.1, 0.15) is 16.1 Å². The number of amides is 1. The zero-order valence-electron chi connectivity index (χ0n) is 16.7. The van der Waals surface area contributed by atoms with Crippen molar-refractivity contribution in [3.05, 3.63) is 90.7 Å². The highest BCUT2D eigenvalue weighted by Crippen LogP contribution is 2.26. The summed E-state index contributed by atoms with van der Waals surface area (Å²) in [5, 5.41) is 9.09. The average Bonchev–Trinajstić information content (AvgIpc) is 3.51. The van der Waals surface area contributed by atoms with E-state index in [-0.39, 0.29) is 5.91 Å². The maximum Gasteiger partial charge on any atom is 0.254 e. The monoisotopic (exact) mass is 410 g/mol. The van der Waals surface area contributed by atoms with Crippen molar-refractivity contribution in [3.63, 3.8) is 0 Å². The van der Waals surface area contributed by atoms with Crippen LogP contribution in [-0.2, 0) is 6.54 Å². The number of rotatable bonds is 5. The molecule has 1 amide bonds. The number of fused-ring (bicyclic) bond motifs is 1. The number of pyridine rings is 2. The second-order valence-corrected chi connectivity index (χ2v) is 7.09. The molecule has 0 radical (unpaired) electrons. The molecule has 5 aromatic rings. The molecular formula is C23H18N6O2. The zero-order valence-corrected chi connectivity index (χ0v) is 16.7. The first-order valence-corrected chi connectivity index (χ1v) is 9.70. The number of hydrogen-bond donors (Lipinski definition) is 0. The summed E-state index contributed by atoms with van der Waals surface area (Å²) >= 11 is 0. The summed E-state index contributed by atoms with van der Waals surface area (Å²) in [4.78, 5) is 24.0. The SMILES string of the molecule is CN(Cc1ccon1)C(=O)c1cc(-c2cnn(-c3ccccn3)c2)nc2ccccc12. The van der Waals surface area contributed by atoms with Crippen molar-refractivity contribution < 1.29 is 9.32 Å². The molecule has 152 valence electrons. The first kappa shape index (κ1) is 18.7. The maximum absolute atomic E-state index is 13.3. The van der Waals surface area contributed by atoms with Crippen molar-refractivity contribution in [3.8, 4) is 17.1 Å². The summed E-state index contributed by atoms with van der Waals surface area (Å²) in [5.41, 5.74) is 3.45. The number of carbonyl (C=O) groups is 1. The van der Waals surface area contributed by atoms with Gasteiger partial charge in [-0.2, -0.15) is 5.10 Å². The van der Waals surface area contributed by atoms with E-state index in [4.69, 9.17) is 9.51 Å². The molecular weight excluding hydrogens is 392 g/mol. The summed E-state index contributed by atoms with van der Waals surface area (Å²) in [6.07, 6.45) is 6.78. The van der Waals surface area contributed by atoms with Gasteiger partial charge in [-0.1, -0.05) is 29.4 Å². The molecule has 0 fully saturated rings. The predicted octanol–water partition coefficient (Wildman–Crippen LogP) is 3.74. The van der Waals surface area contributed by atoms with Gasteiger partial charge in [-0.3, -0.25) is 4.79 Å². The molecule has 4 aromatic heterocycles. The van der Waals surface area contributed by atoms with Gasteiger partial charge < -0.3 is 9.42 Å². The summed E-state index contributed by atoms with van der Waals surface area (Å²) in [7, 11) is 1.74. The Bertz CT molecular complexity index is 1350. The van der Waals surface area contributed by atoms with Gasteiger partial charge in [0.15, 0.2) is 5.82 Å². The fourth-order valence-corrected chi connectivity index (χ4v) is 3.41. The molecule has 5 rings (SSSR count). The van der Waals surface area contributed by atoms with Gasteiger partial charge in [0, 0.05) is 36.5 Å². The normalized spacial score (nSPS) is 11.0. The summed E-state index contributed by atoms with van der Waals surface area (Å²) in [6, 6.07) is 16.8. The van der Waals surface area contributed by atoms with Crippen molar-refractivity contribution in [2.45, 2.75) is 6.54 Å². The van der Waals surface area contributed by atoms with Gasteiger partial charge in [-0.25, -0.2) is 14.6 Å². The van der Waals surface area contributed by atoms with Crippen LogP contribution in [0.25, 0.3) is 28.0 Å². The second kappa shape index (κ2) is 7.83. The highest BCUT2D eigenvalue weighted by atomic mass is 16.5. The van der Waals surface area contributed by atoms with Crippen LogP contribution in [-0.4, -0.2) is 42.8 Å². The fourth-order valence-electron chi connectivity index (χ4n) is 3.41. The highest BCUT2D eigenvalue weighted by Gasteiger charge is 2.19. The van der Waals surface area contributed by atoms with E-state index >= 15 is 0 Å². The minimum absolute atomic E-state index is 0.125. The van der Waals surface area contributed by atoms with Gasteiger partial charge >= 0.3 is 0 Å². The lowest BCUT2D eigenvalue weighted by Gasteiger charge is -2.17. The van der Waals surface area contributed by atoms with Crippen LogP contribution in [0.3, 0.4) is 0 Å². The van der Waals surface area contributed by atoms with Crippen molar-refractivity contribution in [1.82, 2.24) is 29.8 Å². The first-order valence-electron chi connectivity index (χ1n) is 9.70. The number of aromatic nitrogens is 5. The minimum atomic E-state index is -0.125. The van der Waals surface area contributed by atoms with Crippen LogP contribution in [0.4, 0.5) is 0 Å². The maximum atomic E-state index is 13.3. The molecule has 0 N–H and O–H groups in total. The van der Waals surface area contributed by atoms with Gasteiger partial charge in [0.1, 0.15) is 12.0 Å². The van der Waals surface area contributed by atoms with Crippen LogP contribution >= 0.6 is 0 Å². The smallest absolute Gasteiger partial charge is 0.254 e. The number of nitrogens with zero attached hydrogens (tertiary/aromatic N) is 6. The lowest BCUT2D eigenvalue weighted by molar-refractivity contribution is 0.0784. The van der Waals surface area contributed by atoms with E-state index in [1.807, 2.05) is 54.7 Å². The highest BCUT2D eigenvalue weighted by molar-refractivity contribution is 6.07. The predicted molar refractivity (Wildman–Crippen MR) is 114 cm³/mol.